The lowest BCUT2D eigenvalue weighted by molar-refractivity contribution is -0.384. The number of rotatable bonds is 13. The molecule has 2 aliphatic carbocycles. The van der Waals surface area contributed by atoms with Gasteiger partial charge in [0.2, 0.25) is 5.88 Å². The van der Waals surface area contributed by atoms with Gasteiger partial charge in [0.1, 0.15) is 28.9 Å². The molecule has 0 unspecified atom stereocenters. The van der Waals surface area contributed by atoms with E-state index in [1.165, 1.54) is 17.7 Å². The maximum Gasteiger partial charge on any atom is 0.293 e. The molecule has 388 valence electrons. The summed E-state index contributed by atoms with van der Waals surface area (Å²) in [6.07, 6.45) is 9.00. The number of sulfonamides is 1. The number of fused-ring (bicyclic) bond motifs is 3. The summed E-state index contributed by atoms with van der Waals surface area (Å²) in [6.45, 7) is 10.9. The number of nitrogens with one attached hydrogen (secondary N) is 3. The molecule has 6 aliphatic rings. The van der Waals surface area contributed by atoms with E-state index < -0.39 is 43.1 Å². The lowest BCUT2D eigenvalue weighted by atomic mass is 9.59. The molecule has 73 heavy (non-hydrogen) atoms. The van der Waals surface area contributed by atoms with Crippen LogP contribution < -0.4 is 29.3 Å². The van der Waals surface area contributed by atoms with Crippen LogP contribution in [0.1, 0.15) is 101 Å². The Morgan fingerprint density at radius 2 is 1.74 bits per heavy atom. The van der Waals surface area contributed by atoms with Gasteiger partial charge in [-0.3, -0.25) is 19.8 Å². The molecular formula is C54H66N8O10S. The van der Waals surface area contributed by atoms with Crippen molar-refractivity contribution in [1.82, 2.24) is 19.6 Å². The largest absolute Gasteiger partial charge is 0.491 e. The Morgan fingerprint density at radius 3 is 2.52 bits per heavy atom. The Morgan fingerprint density at radius 1 is 0.959 bits per heavy atom. The molecule has 1 amide bonds. The van der Waals surface area contributed by atoms with E-state index >= 15 is 0 Å². The summed E-state index contributed by atoms with van der Waals surface area (Å²) >= 11 is 0. The number of nitrogens with zero attached hydrogens (tertiary/aromatic N) is 5. The van der Waals surface area contributed by atoms with Crippen LogP contribution in [-0.2, 0) is 19.5 Å². The van der Waals surface area contributed by atoms with Crippen LogP contribution in [0.5, 0.6) is 11.6 Å². The number of nitro groups is 1. The van der Waals surface area contributed by atoms with Crippen LogP contribution >= 0.6 is 0 Å². The summed E-state index contributed by atoms with van der Waals surface area (Å²) in [4.78, 5) is 41.1. The molecule has 1 spiro atoms. The van der Waals surface area contributed by atoms with Crippen LogP contribution in [0.25, 0.3) is 11.0 Å². The highest BCUT2D eigenvalue weighted by atomic mass is 32.2. The first-order valence-corrected chi connectivity index (χ1v) is 27.4. The fourth-order valence-electron chi connectivity index (χ4n) is 12.3. The van der Waals surface area contributed by atoms with Gasteiger partial charge in [-0.15, -0.1) is 0 Å². The van der Waals surface area contributed by atoms with Crippen molar-refractivity contribution in [2.75, 3.05) is 67.7 Å². The molecule has 18 nitrogen and oxygen atoms in total. The number of carbonyl (C=O) groups is 1. The fraction of sp³-hybridized carbons (Fsp3) is 0.519. The van der Waals surface area contributed by atoms with Gasteiger partial charge >= 0.3 is 0 Å². The molecule has 4 N–H and O–H groups in total. The van der Waals surface area contributed by atoms with Gasteiger partial charge in [0.05, 0.1) is 64.7 Å². The maximum atomic E-state index is 14.7. The van der Waals surface area contributed by atoms with Crippen LogP contribution in [0.4, 0.5) is 28.4 Å². The summed E-state index contributed by atoms with van der Waals surface area (Å²) in [5.74, 6) is 0.587. The summed E-state index contributed by atoms with van der Waals surface area (Å²) in [6, 6.07) is 21.7. The highest BCUT2D eigenvalue weighted by Gasteiger charge is 2.50. The minimum absolute atomic E-state index is 0.0663. The summed E-state index contributed by atoms with van der Waals surface area (Å²) in [7, 11) is -4.63. The second-order valence-electron chi connectivity index (χ2n) is 21.7. The van der Waals surface area contributed by atoms with E-state index in [1.807, 2.05) is 37.3 Å². The van der Waals surface area contributed by atoms with Gasteiger partial charge in [-0.1, -0.05) is 18.2 Å². The van der Waals surface area contributed by atoms with Crippen molar-refractivity contribution in [3.63, 3.8) is 0 Å². The van der Waals surface area contributed by atoms with E-state index in [4.69, 9.17) is 23.9 Å². The van der Waals surface area contributed by atoms with E-state index in [1.54, 1.807) is 12.3 Å². The number of aromatic amines is 1. The van der Waals surface area contributed by atoms with Crippen LogP contribution in [0.15, 0.2) is 83.9 Å². The average Bonchev–Trinajstić information content (AvgIpc) is 3.83. The van der Waals surface area contributed by atoms with Crippen LogP contribution in [0, 0.1) is 21.4 Å². The smallest absolute Gasteiger partial charge is 0.293 e. The van der Waals surface area contributed by atoms with Gasteiger partial charge in [0.15, 0.2) is 0 Å². The van der Waals surface area contributed by atoms with Gasteiger partial charge in [-0.25, -0.2) is 13.1 Å². The van der Waals surface area contributed by atoms with Gasteiger partial charge in [-0.05, 0) is 138 Å². The van der Waals surface area contributed by atoms with Crippen molar-refractivity contribution in [2.45, 2.75) is 119 Å². The minimum atomic E-state index is -4.63. The number of morpholine rings is 1. The highest BCUT2D eigenvalue weighted by molar-refractivity contribution is 7.90. The molecule has 3 atom stereocenters. The van der Waals surface area contributed by atoms with E-state index in [0.29, 0.717) is 81.2 Å². The first-order valence-electron chi connectivity index (χ1n) is 25.9. The predicted molar refractivity (Wildman–Crippen MR) is 277 cm³/mol. The Kier molecular flexibility index (Phi) is 13.3. The Balaban J connectivity index is 0.859. The molecule has 3 aromatic carbocycles. The minimum Gasteiger partial charge on any atom is -0.491 e. The third kappa shape index (κ3) is 9.93. The van der Waals surface area contributed by atoms with Crippen molar-refractivity contribution >= 4 is 55.4 Å². The van der Waals surface area contributed by atoms with Gasteiger partial charge < -0.3 is 44.2 Å². The maximum absolute atomic E-state index is 14.7. The number of pyridine rings is 1. The molecule has 3 saturated heterocycles. The number of hydrogen-bond acceptors (Lipinski definition) is 15. The summed E-state index contributed by atoms with van der Waals surface area (Å²) < 4.78 is 55.4. The molecule has 2 aromatic heterocycles. The summed E-state index contributed by atoms with van der Waals surface area (Å²) in [5.41, 5.74) is 3.19. The fourth-order valence-corrected chi connectivity index (χ4v) is 13.3. The third-order valence-corrected chi connectivity index (χ3v) is 17.7. The van der Waals surface area contributed by atoms with Gasteiger partial charge in [0.25, 0.3) is 21.6 Å². The van der Waals surface area contributed by atoms with Crippen molar-refractivity contribution in [3.8, 4) is 11.6 Å². The topological polar surface area (TPSA) is 214 Å². The Hall–Kier alpha value is -5.99. The van der Waals surface area contributed by atoms with Gasteiger partial charge in [-0.2, -0.15) is 4.98 Å². The lowest BCUT2D eigenvalue weighted by Gasteiger charge is -2.57. The number of aliphatic hydroxyl groups is 1. The Bertz CT molecular complexity index is 2980. The van der Waals surface area contributed by atoms with Crippen LogP contribution in [0.3, 0.4) is 0 Å². The number of hydrogen-bond donors (Lipinski definition) is 4. The van der Waals surface area contributed by atoms with Crippen LogP contribution in [0.2, 0.25) is 0 Å². The number of piperidine rings is 1. The first-order chi connectivity index (χ1) is 35.1. The number of amides is 1. The normalized spacial score (nSPS) is 25.4. The zero-order chi connectivity index (χ0) is 50.6. The zero-order valence-electron chi connectivity index (χ0n) is 41.8. The first kappa shape index (κ1) is 49.2. The molecular weight excluding hydrogens is 953 g/mol. The van der Waals surface area contributed by atoms with E-state index in [2.05, 4.69) is 61.8 Å². The molecule has 0 radical (unpaired) electrons. The molecule has 19 heteroatoms. The van der Waals surface area contributed by atoms with Crippen LogP contribution in [-0.4, -0.2) is 122 Å². The van der Waals surface area contributed by atoms with Crippen molar-refractivity contribution < 1.29 is 42.2 Å². The SMILES string of the molecule is CC(C)Oc1ccccc1[C@@H]1COCCN1C1CC2(CCN(c3ccc(C(=O)NS(=O)(=O)c4ccc(NCC5CCC(C)(O)CC5)c([N+](=O)[O-])c4)c(N4c5cc6cc[nH]c6nc5O[C@H]5COCC[C@@H]54)c3)CC2)C1. The monoisotopic (exact) mass is 1020 g/mol. The third-order valence-electron chi connectivity index (χ3n) is 16.4. The molecule has 6 heterocycles. The molecule has 5 aromatic rings. The number of H-pyrrole nitrogens is 1. The number of ether oxygens (including phenoxy) is 4. The number of anilines is 4. The predicted octanol–water partition coefficient (Wildman–Crippen LogP) is 8.24. The standard InChI is InChI=1S/C54H66N8O10S/c1-34(2)71-48-7-5-4-6-40(48)47-32-70-25-23-60(47)38-29-54(30-38)18-21-59(22-19-54)37-8-10-41(44(27-37)61-43-15-24-69-33-49(43)72-52-46(61)26-36-14-20-55-50(36)57-52)51(63)58-73(67,68)39-9-11-42(45(28-39)62(65)66)56-31-35-12-16-53(3,64)17-13-35/h4-11,14,20,26-28,34-35,38,43,47,49,56,64H,12-13,15-19,21-25,29-33H2,1-3H3,(H,55,57)(H,58,63)/t35?,43-,47-,49-,53?/m0/s1. The van der Waals surface area contributed by atoms with E-state index in [9.17, 15) is 28.4 Å². The lowest BCUT2D eigenvalue weighted by Crippen LogP contribution is -2.57. The summed E-state index contributed by atoms with van der Waals surface area (Å²) in [5, 5.41) is 26.8. The number of benzene rings is 3. The average molecular weight is 1020 g/mol. The van der Waals surface area contributed by atoms with Crippen molar-refractivity contribution in [1.29, 1.82) is 0 Å². The van der Waals surface area contributed by atoms with Crippen molar-refractivity contribution in [2.24, 2.45) is 11.3 Å². The molecule has 5 fully saturated rings. The zero-order valence-corrected chi connectivity index (χ0v) is 42.6. The molecule has 11 rings (SSSR count). The second-order valence-corrected chi connectivity index (χ2v) is 23.3. The van der Waals surface area contributed by atoms with Crippen molar-refractivity contribution in [3.05, 3.63) is 100 Å². The number of nitro benzene ring substituents is 1. The number of carbonyl (C=O) groups excluding carboxylic acids is 1. The number of para-hydroxylation sites is 1. The quantitative estimate of drug-likeness (QED) is 0.0646. The Labute approximate surface area is 425 Å². The highest BCUT2D eigenvalue weighted by Crippen LogP contribution is 2.54. The van der Waals surface area contributed by atoms with E-state index in [0.717, 1.165) is 81.0 Å². The molecule has 4 aliphatic heterocycles. The van der Waals surface area contributed by atoms with Gasteiger partial charge in [0, 0.05) is 67.7 Å². The second kappa shape index (κ2) is 19.7. The number of aromatic nitrogens is 2. The molecule has 2 saturated carbocycles. The molecule has 0 bridgehead atoms. The van der Waals surface area contributed by atoms with E-state index in [-0.39, 0.29) is 40.8 Å².